The van der Waals surface area contributed by atoms with Gasteiger partial charge in [-0.3, -0.25) is 9.59 Å². The highest BCUT2D eigenvalue weighted by molar-refractivity contribution is 6.03. The molecule has 6 heteroatoms. The maximum absolute atomic E-state index is 12.5. The minimum absolute atomic E-state index is 0.0236. The number of aliphatic hydroxyl groups is 3. The number of ketones is 2. The summed E-state index contributed by atoms with van der Waals surface area (Å²) in [4.78, 5) is 25.0. The van der Waals surface area contributed by atoms with Crippen LogP contribution in [0.3, 0.4) is 0 Å². The predicted octanol–water partition coefficient (Wildman–Crippen LogP) is 1.47. The van der Waals surface area contributed by atoms with Gasteiger partial charge < -0.3 is 20.4 Å². The van der Waals surface area contributed by atoms with Crippen LogP contribution in [0.25, 0.3) is 0 Å². The number of aliphatic hydroxyl groups excluding tert-OH is 3. The fourth-order valence-corrected chi connectivity index (χ4v) is 5.50. The Morgan fingerprint density at radius 2 is 1.65 bits per heavy atom. The van der Waals surface area contributed by atoms with Gasteiger partial charge in [0.15, 0.2) is 5.78 Å². The van der Waals surface area contributed by atoms with E-state index in [1.165, 1.54) is 12.1 Å². The van der Waals surface area contributed by atoms with Crippen LogP contribution in [-0.4, -0.2) is 44.2 Å². The second-order valence-corrected chi connectivity index (χ2v) is 7.66. The molecule has 0 saturated heterocycles. The Bertz CT molecular complexity index is 926. The van der Waals surface area contributed by atoms with E-state index in [2.05, 4.69) is 0 Å². The Balaban J connectivity index is 1.85. The molecule has 0 amide bonds. The molecule has 134 valence electrons. The van der Waals surface area contributed by atoms with Gasteiger partial charge in [0.1, 0.15) is 17.3 Å². The van der Waals surface area contributed by atoms with Crippen molar-refractivity contribution < 1.29 is 30.0 Å². The molecule has 0 aromatic heterocycles. The number of allylic oxidation sites excluding steroid dienone is 3. The topological polar surface area (TPSA) is 115 Å². The van der Waals surface area contributed by atoms with Crippen molar-refractivity contribution in [3.63, 3.8) is 0 Å². The molecule has 0 radical (unpaired) electrons. The lowest BCUT2D eigenvalue weighted by molar-refractivity contribution is -0.131. The average Bonchev–Trinajstić information content (AvgIpc) is 2.57. The number of benzene rings is 1. The number of phenolic OH excluding ortho intramolecular Hbond substituents is 1. The molecule has 6 nitrogen and oxygen atoms in total. The number of Topliss-reactive ketones (excluding diaryl/α,β-unsaturated/α-hetero) is 2. The summed E-state index contributed by atoms with van der Waals surface area (Å²) in [5, 5.41) is 41.9. The lowest BCUT2D eigenvalue weighted by atomic mass is 9.53. The molecule has 0 spiro atoms. The van der Waals surface area contributed by atoms with Crippen LogP contribution in [0.1, 0.15) is 46.2 Å². The summed E-state index contributed by atoms with van der Waals surface area (Å²) >= 11 is 0. The molecule has 4 aliphatic rings. The highest BCUT2D eigenvalue weighted by Gasteiger charge is 2.56. The van der Waals surface area contributed by atoms with E-state index in [1.807, 2.05) is 0 Å². The SMILES string of the molecule is O=C1C[C@@H](O)[C@@H]2C3=CC=C(O)C4C(=O)C[C@@H](O)[C@H](c5ccc(O)c1c52)[C@H]34. The Hall–Kier alpha value is -2.44. The quantitative estimate of drug-likeness (QED) is 0.561. The monoisotopic (exact) mass is 354 g/mol. The average molecular weight is 354 g/mol. The van der Waals surface area contributed by atoms with Gasteiger partial charge in [0.2, 0.25) is 0 Å². The Labute approximate surface area is 149 Å². The van der Waals surface area contributed by atoms with Gasteiger partial charge in [-0.1, -0.05) is 17.7 Å². The van der Waals surface area contributed by atoms with Crippen LogP contribution in [0.15, 0.2) is 35.6 Å². The first kappa shape index (κ1) is 15.8. The summed E-state index contributed by atoms with van der Waals surface area (Å²) in [5.41, 5.74) is 2.18. The summed E-state index contributed by atoms with van der Waals surface area (Å²) in [6, 6.07) is 3.10. The van der Waals surface area contributed by atoms with Crippen LogP contribution in [-0.2, 0) is 4.79 Å². The molecule has 1 aromatic rings. The molecule has 26 heavy (non-hydrogen) atoms. The number of hydrogen-bond acceptors (Lipinski definition) is 6. The zero-order valence-corrected chi connectivity index (χ0v) is 13.8. The molecule has 1 fully saturated rings. The number of rotatable bonds is 0. The molecule has 0 aliphatic heterocycles. The molecule has 6 atom stereocenters. The van der Waals surface area contributed by atoms with Crippen LogP contribution in [0.4, 0.5) is 0 Å². The molecular weight excluding hydrogens is 336 g/mol. The fraction of sp³-hybridized carbons (Fsp3) is 0.400. The number of phenols is 1. The van der Waals surface area contributed by atoms with Gasteiger partial charge in [-0.15, -0.1) is 0 Å². The molecule has 0 bridgehead atoms. The molecular formula is C20H18O6. The van der Waals surface area contributed by atoms with Gasteiger partial charge in [-0.2, -0.15) is 0 Å². The third kappa shape index (κ3) is 1.78. The van der Waals surface area contributed by atoms with E-state index in [4.69, 9.17) is 0 Å². The molecule has 4 N–H and O–H groups in total. The number of carbonyl (C=O) groups is 2. The number of aromatic hydroxyl groups is 1. The minimum atomic E-state index is -0.966. The highest BCUT2D eigenvalue weighted by atomic mass is 16.3. The third-order valence-corrected chi connectivity index (χ3v) is 6.41. The van der Waals surface area contributed by atoms with E-state index >= 15 is 0 Å². The maximum Gasteiger partial charge on any atom is 0.169 e. The van der Waals surface area contributed by atoms with Crippen molar-refractivity contribution in [2.24, 2.45) is 11.8 Å². The lowest BCUT2D eigenvalue weighted by Gasteiger charge is -2.51. The Morgan fingerprint density at radius 3 is 2.42 bits per heavy atom. The normalized spacial score (nSPS) is 37.5. The number of carbonyl (C=O) groups excluding carboxylic acids is 2. The largest absolute Gasteiger partial charge is 0.512 e. The first-order chi connectivity index (χ1) is 12.4. The second kappa shape index (κ2) is 5.05. The van der Waals surface area contributed by atoms with Crippen molar-refractivity contribution in [1.29, 1.82) is 0 Å². The van der Waals surface area contributed by atoms with Crippen LogP contribution in [0.2, 0.25) is 0 Å². The fourth-order valence-electron chi connectivity index (χ4n) is 5.50. The van der Waals surface area contributed by atoms with Crippen molar-refractivity contribution in [3.8, 4) is 5.75 Å². The molecule has 1 unspecified atom stereocenters. The van der Waals surface area contributed by atoms with Gasteiger partial charge in [0.05, 0.1) is 23.7 Å². The lowest BCUT2D eigenvalue weighted by Crippen LogP contribution is -2.50. The van der Waals surface area contributed by atoms with Crippen LogP contribution < -0.4 is 0 Å². The molecule has 1 aromatic carbocycles. The van der Waals surface area contributed by atoms with E-state index in [-0.39, 0.29) is 41.5 Å². The minimum Gasteiger partial charge on any atom is -0.512 e. The summed E-state index contributed by atoms with van der Waals surface area (Å²) < 4.78 is 0. The first-order valence-corrected chi connectivity index (χ1v) is 8.78. The van der Waals surface area contributed by atoms with E-state index in [1.54, 1.807) is 12.1 Å². The van der Waals surface area contributed by atoms with Crippen LogP contribution in [0, 0.1) is 11.8 Å². The van der Waals surface area contributed by atoms with Gasteiger partial charge in [0.25, 0.3) is 0 Å². The van der Waals surface area contributed by atoms with Crippen LogP contribution in [0.5, 0.6) is 5.75 Å². The summed E-state index contributed by atoms with van der Waals surface area (Å²) in [6.07, 6.45) is 1.07. The van der Waals surface area contributed by atoms with Gasteiger partial charge in [-0.25, -0.2) is 0 Å². The molecule has 4 aliphatic carbocycles. The van der Waals surface area contributed by atoms with Crippen molar-refractivity contribution in [2.45, 2.75) is 36.9 Å². The molecule has 1 saturated carbocycles. The van der Waals surface area contributed by atoms with Crippen LogP contribution >= 0.6 is 0 Å². The summed E-state index contributed by atoms with van der Waals surface area (Å²) in [7, 11) is 0. The zero-order chi connectivity index (χ0) is 18.3. The van der Waals surface area contributed by atoms with E-state index in [0.29, 0.717) is 11.1 Å². The van der Waals surface area contributed by atoms with Gasteiger partial charge in [0, 0.05) is 30.6 Å². The van der Waals surface area contributed by atoms with Gasteiger partial charge >= 0.3 is 0 Å². The standard InChI is InChI=1S/C20H18O6/c21-9-3-1-7-15-11(23)5-14(26)20-10(22)4-2-8(18(15)20)16-12(24)6-13(25)19(9)17(7)16/h1-4,11-12,15-17,19,21-24H,5-6H2/t11-,12-,15+,16+,17+,19?/m1/s1. The highest BCUT2D eigenvalue weighted by Crippen LogP contribution is 2.59. The Kier molecular flexibility index (Phi) is 3.07. The Morgan fingerprint density at radius 1 is 0.885 bits per heavy atom. The zero-order valence-electron chi connectivity index (χ0n) is 13.8. The van der Waals surface area contributed by atoms with Crippen molar-refractivity contribution in [1.82, 2.24) is 0 Å². The molecule has 5 rings (SSSR count). The van der Waals surface area contributed by atoms with Crippen molar-refractivity contribution in [2.75, 3.05) is 0 Å². The predicted molar refractivity (Wildman–Crippen MR) is 89.9 cm³/mol. The summed E-state index contributed by atoms with van der Waals surface area (Å²) in [6.45, 7) is 0. The van der Waals surface area contributed by atoms with Gasteiger partial charge in [-0.05, 0) is 23.3 Å². The summed E-state index contributed by atoms with van der Waals surface area (Å²) in [5.74, 6) is -2.88. The van der Waals surface area contributed by atoms with Crippen molar-refractivity contribution >= 4 is 11.6 Å². The molecule has 0 heterocycles. The van der Waals surface area contributed by atoms with E-state index in [9.17, 15) is 30.0 Å². The number of hydrogen-bond donors (Lipinski definition) is 4. The first-order valence-electron chi connectivity index (χ1n) is 8.78. The van der Waals surface area contributed by atoms with E-state index in [0.717, 1.165) is 5.57 Å². The second-order valence-electron chi connectivity index (χ2n) is 7.66. The smallest absolute Gasteiger partial charge is 0.169 e. The van der Waals surface area contributed by atoms with E-state index < -0.39 is 35.9 Å². The maximum atomic E-state index is 12.5. The number of fused-ring (bicyclic) bond motifs is 2. The third-order valence-electron chi connectivity index (χ3n) is 6.41. The van der Waals surface area contributed by atoms with Crippen molar-refractivity contribution in [3.05, 3.63) is 52.3 Å².